The lowest BCUT2D eigenvalue weighted by molar-refractivity contribution is 0.379. The third-order valence-corrected chi connectivity index (χ3v) is 2.38. The number of hydrogen-bond donors (Lipinski definition) is 0. The maximum Gasteiger partial charge on any atom is 0.244 e. The largest absolute Gasteiger partial charge is 0.337 e. The van der Waals surface area contributed by atoms with Crippen LogP contribution in [-0.2, 0) is 0 Å². The molecule has 2 aromatic rings. The molecule has 0 radical (unpaired) electrons. The Kier molecular flexibility index (Phi) is 2.92. The van der Waals surface area contributed by atoms with Gasteiger partial charge in [0.1, 0.15) is 11.2 Å². The minimum Gasteiger partial charge on any atom is -0.337 e. The molecule has 5 heteroatoms. The Hall–Kier alpha value is -1.42. The van der Waals surface area contributed by atoms with Crippen molar-refractivity contribution in [1.29, 1.82) is 0 Å². The summed E-state index contributed by atoms with van der Waals surface area (Å²) >= 11 is 5.80. The Morgan fingerprint density at radius 1 is 1.44 bits per heavy atom. The van der Waals surface area contributed by atoms with Gasteiger partial charge in [-0.15, -0.1) is 11.6 Å². The average molecular weight is 241 g/mol. The number of hydrogen-bond acceptors (Lipinski definition) is 3. The van der Waals surface area contributed by atoms with Crippen LogP contribution < -0.4 is 0 Å². The lowest BCUT2D eigenvalue weighted by atomic mass is 10.1. The van der Waals surface area contributed by atoms with E-state index in [-0.39, 0.29) is 11.2 Å². The van der Waals surface area contributed by atoms with Crippen LogP contribution in [0.3, 0.4) is 0 Å². The van der Waals surface area contributed by atoms with Gasteiger partial charge in [-0.2, -0.15) is 4.98 Å². The maximum absolute atomic E-state index is 13.1. The lowest BCUT2D eigenvalue weighted by Gasteiger charge is -1.98. The van der Waals surface area contributed by atoms with Gasteiger partial charge in [-0.25, -0.2) is 4.39 Å². The Labute approximate surface area is 97.2 Å². The van der Waals surface area contributed by atoms with Crippen LogP contribution in [0.4, 0.5) is 4.39 Å². The third-order valence-electron chi connectivity index (χ3n) is 2.20. The first-order chi connectivity index (χ1) is 7.58. The summed E-state index contributed by atoms with van der Waals surface area (Å²) in [7, 11) is 0. The molecule has 0 bridgehead atoms. The van der Waals surface area contributed by atoms with Crippen molar-refractivity contribution in [3.63, 3.8) is 0 Å². The van der Waals surface area contributed by atoms with Crippen molar-refractivity contribution < 1.29 is 8.91 Å². The van der Waals surface area contributed by atoms with Gasteiger partial charge in [0.2, 0.25) is 11.7 Å². The van der Waals surface area contributed by atoms with Crippen LogP contribution in [0, 0.1) is 12.7 Å². The highest BCUT2D eigenvalue weighted by atomic mass is 35.5. The fraction of sp³-hybridized carbons (Fsp3) is 0.273. The third kappa shape index (κ3) is 2.07. The van der Waals surface area contributed by atoms with Crippen LogP contribution in [0.2, 0.25) is 0 Å². The topological polar surface area (TPSA) is 38.9 Å². The molecule has 2 rings (SSSR count). The highest BCUT2D eigenvalue weighted by Gasteiger charge is 2.13. The van der Waals surface area contributed by atoms with Crippen molar-refractivity contribution in [2.45, 2.75) is 19.2 Å². The molecule has 1 aromatic carbocycles. The molecule has 0 aliphatic carbocycles. The molecule has 0 aliphatic heterocycles. The van der Waals surface area contributed by atoms with Crippen molar-refractivity contribution in [2.75, 3.05) is 0 Å². The molecular formula is C11H10ClFN2O. The van der Waals surface area contributed by atoms with Gasteiger partial charge in [-0.3, -0.25) is 0 Å². The van der Waals surface area contributed by atoms with E-state index in [0.717, 1.165) is 0 Å². The van der Waals surface area contributed by atoms with Gasteiger partial charge in [0.25, 0.3) is 0 Å². The number of rotatable bonds is 2. The van der Waals surface area contributed by atoms with E-state index in [1.165, 1.54) is 6.07 Å². The number of aryl methyl sites for hydroxylation is 1. The van der Waals surface area contributed by atoms with E-state index in [1.54, 1.807) is 26.0 Å². The molecule has 0 N–H and O–H groups in total. The van der Waals surface area contributed by atoms with Crippen molar-refractivity contribution in [1.82, 2.24) is 10.1 Å². The first-order valence-electron chi connectivity index (χ1n) is 4.82. The monoisotopic (exact) mass is 240 g/mol. The van der Waals surface area contributed by atoms with Gasteiger partial charge in [-0.05, 0) is 37.6 Å². The molecule has 0 saturated carbocycles. The first kappa shape index (κ1) is 11.1. The Morgan fingerprint density at radius 2 is 2.19 bits per heavy atom. The van der Waals surface area contributed by atoms with E-state index in [4.69, 9.17) is 16.1 Å². The standard InChI is InChI=1S/C11H10ClFN2O/c1-6-5-8(3-4-9(6)13)10-14-11(7(2)12)16-15-10/h3-5,7H,1-2H3. The second kappa shape index (κ2) is 4.22. The fourth-order valence-corrected chi connectivity index (χ4v) is 1.39. The van der Waals surface area contributed by atoms with Gasteiger partial charge >= 0.3 is 0 Å². The van der Waals surface area contributed by atoms with Crippen LogP contribution in [0.15, 0.2) is 22.7 Å². The van der Waals surface area contributed by atoms with Crippen molar-refractivity contribution in [3.8, 4) is 11.4 Å². The molecule has 0 spiro atoms. The molecule has 1 atom stereocenters. The van der Waals surface area contributed by atoms with E-state index < -0.39 is 0 Å². The van der Waals surface area contributed by atoms with Crippen molar-refractivity contribution in [2.24, 2.45) is 0 Å². The van der Waals surface area contributed by atoms with Crippen LogP contribution in [-0.4, -0.2) is 10.1 Å². The summed E-state index contributed by atoms with van der Waals surface area (Å²) in [5.41, 5.74) is 1.26. The molecule has 1 heterocycles. The summed E-state index contributed by atoms with van der Waals surface area (Å²) in [4.78, 5) is 4.12. The van der Waals surface area contributed by atoms with Crippen molar-refractivity contribution in [3.05, 3.63) is 35.5 Å². The van der Waals surface area contributed by atoms with Crippen LogP contribution >= 0.6 is 11.6 Å². The van der Waals surface area contributed by atoms with Crippen LogP contribution in [0.1, 0.15) is 23.8 Å². The van der Waals surface area contributed by atoms with Gasteiger partial charge < -0.3 is 4.52 Å². The van der Waals surface area contributed by atoms with E-state index in [9.17, 15) is 4.39 Å². The number of halogens is 2. The Morgan fingerprint density at radius 3 is 2.75 bits per heavy atom. The molecule has 0 aliphatic rings. The fourth-order valence-electron chi connectivity index (χ4n) is 1.30. The summed E-state index contributed by atoms with van der Waals surface area (Å²) in [6.45, 7) is 3.43. The lowest BCUT2D eigenvalue weighted by Crippen LogP contribution is -1.87. The summed E-state index contributed by atoms with van der Waals surface area (Å²) in [6.07, 6.45) is 0. The smallest absolute Gasteiger partial charge is 0.244 e. The predicted octanol–water partition coefficient (Wildman–Crippen LogP) is 3.48. The normalized spacial score (nSPS) is 12.8. The van der Waals surface area contributed by atoms with Gasteiger partial charge in [0.05, 0.1) is 0 Å². The molecule has 1 unspecified atom stereocenters. The SMILES string of the molecule is Cc1cc(-c2noc(C(C)Cl)n2)ccc1F. The molecule has 84 valence electrons. The number of alkyl halides is 1. The van der Waals surface area contributed by atoms with E-state index in [0.29, 0.717) is 22.8 Å². The predicted molar refractivity (Wildman–Crippen MR) is 58.7 cm³/mol. The van der Waals surface area contributed by atoms with Gasteiger partial charge in [0.15, 0.2) is 0 Å². The quantitative estimate of drug-likeness (QED) is 0.755. The number of benzene rings is 1. The molecule has 1 aromatic heterocycles. The zero-order valence-corrected chi connectivity index (χ0v) is 9.62. The molecule has 3 nitrogen and oxygen atoms in total. The van der Waals surface area contributed by atoms with Crippen LogP contribution in [0.25, 0.3) is 11.4 Å². The minimum absolute atomic E-state index is 0.252. The summed E-state index contributed by atoms with van der Waals surface area (Å²) < 4.78 is 18.0. The zero-order valence-electron chi connectivity index (χ0n) is 8.87. The molecule has 0 amide bonds. The van der Waals surface area contributed by atoms with Crippen molar-refractivity contribution >= 4 is 11.6 Å². The van der Waals surface area contributed by atoms with E-state index in [2.05, 4.69) is 10.1 Å². The van der Waals surface area contributed by atoms with E-state index >= 15 is 0 Å². The average Bonchev–Trinajstić information content (AvgIpc) is 2.71. The summed E-state index contributed by atoms with van der Waals surface area (Å²) in [5, 5.41) is 3.45. The second-order valence-electron chi connectivity index (χ2n) is 3.54. The molecular weight excluding hydrogens is 231 g/mol. The maximum atomic E-state index is 13.1. The molecule has 0 fully saturated rings. The Bertz CT molecular complexity index is 510. The first-order valence-corrected chi connectivity index (χ1v) is 5.26. The minimum atomic E-state index is -0.331. The molecule has 16 heavy (non-hydrogen) atoms. The highest BCUT2D eigenvalue weighted by Crippen LogP contribution is 2.23. The Balaban J connectivity index is 2.39. The summed E-state index contributed by atoms with van der Waals surface area (Å²) in [5.74, 6) is 0.530. The number of nitrogens with zero attached hydrogens (tertiary/aromatic N) is 2. The molecule has 0 saturated heterocycles. The van der Waals surface area contributed by atoms with E-state index in [1.807, 2.05) is 0 Å². The highest BCUT2D eigenvalue weighted by molar-refractivity contribution is 6.20. The second-order valence-corrected chi connectivity index (χ2v) is 4.19. The van der Waals surface area contributed by atoms with Gasteiger partial charge in [-0.1, -0.05) is 5.16 Å². The zero-order chi connectivity index (χ0) is 11.7. The van der Waals surface area contributed by atoms with Gasteiger partial charge in [0, 0.05) is 5.56 Å². The van der Waals surface area contributed by atoms with Crippen LogP contribution in [0.5, 0.6) is 0 Å². The summed E-state index contributed by atoms with van der Waals surface area (Å²) in [6, 6.07) is 4.66. The number of aromatic nitrogens is 2.